The Labute approximate surface area is 107 Å². The summed E-state index contributed by atoms with van der Waals surface area (Å²) in [5.41, 5.74) is 0.964. The smallest absolute Gasteiger partial charge is 0.256 e. The molecule has 98 valence electrons. The molecule has 1 aliphatic heterocycles. The van der Waals surface area contributed by atoms with Gasteiger partial charge >= 0.3 is 0 Å². The Morgan fingerprint density at radius 1 is 1.50 bits per heavy atom. The molecule has 3 nitrogen and oxygen atoms in total. The first-order valence-electron chi connectivity index (χ1n) is 6.25. The van der Waals surface area contributed by atoms with Crippen LogP contribution in [0, 0.1) is 12.7 Å². The number of amides is 1. The lowest BCUT2D eigenvalue weighted by Gasteiger charge is -2.22. The highest BCUT2D eigenvalue weighted by molar-refractivity contribution is 5.94. The van der Waals surface area contributed by atoms with Crippen LogP contribution in [-0.2, 0) is 4.74 Å². The molecule has 0 saturated carbocycles. The Morgan fingerprint density at radius 2 is 2.28 bits per heavy atom. The predicted molar refractivity (Wildman–Crippen MR) is 67.1 cm³/mol. The molecule has 4 heteroatoms. The number of carbonyl (C=O) groups is 1. The highest BCUT2D eigenvalue weighted by atomic mass is 19.1. The Kier molecular flexibility index (Phi) is 3.97. The van der Waals surface area contributed by atoms with Crippen molar-refractivity contribution < 1.29 is 13.9 Å². The van der Waals surface area contributed by atoms with Crippen LogP contribution in [0.25, 0.3) is 0 Å². The quantitative estimate of drug-likeness (QED) is 0.767. The van der Waals surface area contributed by atoms with E-state index < -0.39 is 5.82 Å². The average molecular weight is 251 g/mol. The summed E-state index contributed by atoms with van der Waals surface area (Å²) in [6, 6.07) is 4.71. The second-order valence-corrected chi connectivity index (χ2v) is 4.77. The van der Waals surface area contributed by atoms with Crippen LogP contribution in [0.3, 0.4) is 0 Å². The number of benzene rings is 1. The highest BCUT2D eigenvalue weighted by Gasteiger charge is 2.23. The molecule has 1 saturated heterocycles. The van der Waals surface area contributed by atoms with Crippen molar-refractivity contribution in [2.24, 2.45) is 0 Å². The molecular weight excluding hydrogens is 233 g/mol. The van der Waals surface area contributed by atoms with E-state index in [1.54, 1.807) is 24.0 Å². The van der Waals surface area contributed by atoms with Crippen LogP contribution in [0.15, 0.2) is 18.2 Å². The van der Waals surface area contributed by atoms with Crippen LogP contribution in [0.2, 0.25) is 0 Å². The molecule has 1 fully saturated rings. The summed E-state index contributed by atoms with van der Waals surface area (Å²) < 4.78 is 19.3. The van der Waals surface area contributed by atoms with Gasteiger partial charge in [0.1, 0.15) is 5.82 Å². The zero-order valence-corrected chi connectivity index (χ0v) is 10.8. The van der Waals surface area contributed by atoms with Gasteiger partial charge in [-0.05, 0) is 38.0 Å². The molecule has 1 amide bonds. The minimum absolute atomic E-state index is 0.00459. The van der Waals surface area contributed by atoms with Crippen LogP contribution >= 0.6 is 0 Å². The number of hydrogen-bond acceptors (Lipinski definition) is 2. The van der Waals surface area contributed by atoms with E-state index in [-0.39, 0.29) is 17.6 Å². The number of hydrogen-bond donors (Lipinski definition) is 0. The van der Waals surface area contributed by atoms with Crippen molar-refractivity contribution in [3.8, 4) is 0 Å². The van der Waals surface area contributed by atoms with E-state index in [0.29, 0.717) is 19.7 Å². The molecular formula is C14H18FNO2. The number of rotatable bonds is 1. The van der Waals surface area contributed by atoms with Crippen molar-refractivity contribution in [3.05, 3.63) is 35.1 Å². The van der Waals surface area contributed by atoms with Crippen LogP contribution in [0.5, 0.6) is 0 Å². The van der Waals surface area contributed by atoms with Gasteiger partial charge < -0.3 is 9.64 Å². The summed E-state index contributed by atoms with van der Waals surface area (Å²) in [6.07, 6.45) is 0.800. The predicted octanol–water partition coefficient (Wildman–Crippen LogP) is 2.39. The topological polar surface area (TPSA) is 29.5 Å². The molecule has 18 heavy (non-hydrogen) atoms. The van der Waals surface area contributed by atoms with Crippen molar-refractivity contribution in [2.45, 2.75) is 26.4 Å². The minimum atomic E-state index is -0.446. The third kappa shape index (κ3) is 2.88. The van der Waals surface area contributed by atoms with Gasteiger partial charge in [-0.3, -0.25) is 4.79 Å². The first-order valence-corrected chi connectivity index (χ1v) is 6.25. The van der Waals surface area contributed by atoms with E-state index in [4.69, 9.17) is 4.74 Å². The van der Waals surface area contributed by atoms with E-state index in [2.05, 4.69) is 0 Å². The van der Waals surface area contributed by atoms with E-state index in [9.17, 15) is 9.18 Å². The second-order valence-electron chi connectivity index (χ2n) is 4.77. The zero-order valence-electron chi connectivity index (χ0n) is 10.8. The molecule has 1 aliphatic rings. The fourth-order valence-electron chi connectivity index (χ4n) is 2.14. The molecule has 1 aromatic rings. The molecule has 1 unspecified atom stereocenters. The molecule has 0 spiro atoms. The van der Waals surface area contributed by atoms with Crippen molar-refractivity contribution in [3.63, 3.8) is 0 Å². The highest BCUT2D eigenvalue weighted by Crippen LogP contribution is 2.15. The fourth-order valence-corrected chi connectivity index (χ4v) is 2.14. The third-order valence-corrected chi connectivity index (χ3v) is 3.09. The number of nitrogens with zero attached hydrogens (tertiary/aromatic N) is 1. The zero-order chi connectivity index (χ0) is 13.1. The lowest BCUT2D eigenvalue weighted by atomic mass is 10.1. The third-order valence-electron chi connectivity index (χ3n) is 3.09. The van der Waals surface area contributed by atoms with Gasteiger partial charge in [-0.1, -0.05) is 6.07 Å². The maximum absolute atomic E-state index is 13.8. The monoisotopic (exact) mass is 251 g/mol. The van der Waals surface area contributed by atoms with E-state index >= 15 is 0 Å². The van der Waals surface area contributed by atoms with E-state index in [1.165, 1.54) is 6.07 Å². The molecule has 1 heterocycles. The number of ether oxygens (including phenoxy) is 1. The van der Waals surface area contributed by atoms with Gasteiger partial charge in [0.2, 0.25) is 0 Å². The Hall–Kier alpha value is -1.42. The van der Waals surface area contributed by atoms with E-state index in [0.717, 1.165) is 12.0 Å². The maximum Gasteiger partial charge on any atom is 0.256 e. The van der Waals surface area contributed by atoms with Gasteiger partial charge in [-0.25, -0.2) is 4.39 Å². The molecule has 0 aromatic heterocycles. The van der Waals surface area contributed by atoms with Crippen LogP contribution < -0.4 is 0 Å². The number of aryl methyl sites for hydroxylation is 1. The van der Waals surface area contributed by atoms with Crippen molar-refractivity contribution in [2.75, 3.05) is 19.7 Å². The van der Waals surface area contributed by atoms with Gasteiger partial charge in [0.15, 0.2) is 0 Å². The summed E-state index contributed by atoms with van der Waals surface area (Å²) in [5.74, 6) is -0.692. The molecule has 1 aromatic carbocycles. The molecule has 0 N–H and O–H groups in total. The maximum atomic E-state index is 13.8. The summed E-state index contributed by atoms with van der Waals surface area (Å²) in [6.45, 7) is 5.53. The SMILES string of the molecule is Cc1ccc(C(=O)N2CCCOC(C)C2)c(F)c1. The molecule has 0 bridgehead atoms. The van der Waals surface area contributed by atoms with Gasteiger partial charge in [0.25, 0.3) is 5.91 Å². The van der Waals surface area contributed by atoms with Gasteiger partial charge in [0, 0.05) is 19.7 Å². The summed E-state index contributed by atoms with van der Waals surface area (Å²) in [5, 5.41) is 0. The molecule has 0 aliphatic carbocycles. The van der Waals surface area contributed by atoms with Crippen LogP contribution in [0.4, 0.5) is 4.39 Å². The number of halogens is 1. The summed E-state index contributed by atoms with van der Waals surface area (Å²) in [4.78, 5) is 13.9. The minimum Gasteiger partial charge on any atom is -0.377 e. The largest absolute Gasteiger partial charge is 0.377 e. The van der Waals surface area contributed by atoms with Crippen molar-refractivity contribution in [1.82, 2.24) is 4.90 Å². The fraction of sp³-hybridized carbons (Fsp3) is 0.500. The van der Waals surface area contributed by atoms with Gasteiger partial charge in [0.05, 0.1) is 11.7 Å². The standard InChI is InChI=1S/C14H18FNO2/c1-10-4-5-12(13(15)8-10)14(17)16-6-3-7-18-11(2)9-16/h4-5,8,11H,3,6-7,9H2,1-2H3. The number of carbonyl (C=O) groups excluding carboxylic acids is 1. The lowest BCUT2D eigenvalue weighted by Crippen LogP contribution is -2.36. The van der Waals surface area contributed by atoms with Crippen LogP contribution in [0.1, 0.15) is 29.3 Å². The first kappa shape index (κ1) is 13.0. The molecule has 1 atom stereocenters. The molecule has 2 rings (SSSR count). The Bertz CT molecular complexity index is 447. The summed E-state index contributed by atoms with van der Waals surface area (Å²) >= 11 is 0. The lowest BCUT2D eigenvalue weighted by molar-refractivity contribution is 0.0560. The van der Waals surface area contributed by atoms with Crippen LogP contribution in [-0.4, -0.2) is 36.6 Å². The second kappa shape index (κ2) is 5.48. The van der Waals surface area contributed by atoms with Crippen molar-refractivity contribution >= 4 is 5.91 Å². The Morgan fingerprint density at radius 3 is 3.00 bits per heavy atom. The van der Waals surface area contributed by atoms with Gasteiger partial charge in [-0.15, -0.1) is 0 Å². The average Bonchev–Trinajstić information content (AvgIpc) is 2.53. The molecule has 0 radical (unpaired) electrons. The Balaban J connectivity index is 2.19. The van der Waals surface area contributed by atoms with E-state index in [1.807, 2.05) is 6.92 Å². The summed E-state index contributed by atoms with van der Waals surface area (Å²) in [7, 11) is 0. The normalized spacial score (nSPS) is 20.6. The van der Waals surface area contributed by atoms with Crippen molar-refractivity contribution in [1.29, 1.82) is 0 Å². The van der Waals surface area contributed by atoms with Gasteiger partial charge in [-0.2, -0.15) is 0 Å². The first-order chi connectivity index (χ1) is 8.58.